The summed E-state index contributed by atoms with van der Waals surface area (Å²) in [5.41, 5.74) is 2.93. The number of halogens is 1. The average molecular weight is 399 g/mol. The highest BCUT2D eigenvalue weighted by Gasteiger charge is 2.22. The molecule has 0 aromatic carbocycles. The molecule has 0 saturated carbocycles. The molecule has 29 heavy (non-hydrogen) atoms. The first kappa shape index (κ1) is 21.1. The fourth-order valence-corrected chi connectivity index (χ4v) is 3.76. The maximum Gasteiger partial charge on any atom is 0.142 e. The number of anilines is 1. The summed E-state index contributed by atoms with van der Waals surface area (Å²) in [6.07, 6.45) is 9.58. The number of nitrogens with one attached hydrogen (secondary N) is 1. The van der Waals surface area contributed by atoms with E-state index in [-0.39, 0.29) is 5.83 Å². The van der Waals surface area contributed by atoms with Gasteiger partial charge in [-0.2, -0.15) is 0 Å². The van der Waals surface area contributed by atoms with Gasteiger partial charge in [0.1, 0.15) is 11.5 Å². The van der Waals surface area contributed by atoms with E-state index in [1.807, 2.05) is 20.0 Å². The molecule has 1 fully saturated rings. The van der Waals surface area contributed by atoms with E-state index in [0.29, 0.717) is 17.4 Å². The van der Waals surface area contributed by atoms with Gasteiger partial charge in [0.15, 0.2) is 0 Å². The minimum absolute atomic E-state index is 0.281. The molecule has 156 valence electrons. The molecule has 6 heteroatoms. The molecule has 2 aromatic heterocycles. The molecule has 0 radical (unpaired) electrons. The lowest BCUT2D eigenvalue weighted by atomic mass is 9.90. The second-order valence-corrected chi connectivity index (χ2v) is 7.80. The molecular weight excluding hydrogens is 367 g/mol. The van der Waals surface area contributed by atoms with E-state index in [4.69, 9.17) is 9.72 Å². The Balaban J connectivity index is 1.89. The van der Waals surface area contributed by atoms with Gasteiger partial charge in [0.05, 0.1) is 18.7 Å². The van der Waals surface area contributed by atoms with Crippen molar-refractivity contribution in [1.82, 2.24) is 14.5 Å². The Morgan fingerprint density at radius 3 is 2.59 bits per heavy atom. The summed E-state index contributed by atoms with van der Waals surface area (Å²) in [4.78, 5) is 7.18. The Kier molecular flexibility index (Phi) is 6.75. The fourth-order valence-electron chi connectivity index (χ4n) is 3.76. The van der Waals surface area contributed by atoms with E-state index in [0.717, 1.165) is 24.5 Å². The minimum atomic E-state index is -0.281. The van der Waals surface area contributed by atoms with Crippen LogP contribution in [0.15, 0.2) is 53.8 Å². The largest absolute Gasteiger partial charge is 0.501 e. The summed E-state index contributed by atoms with van der Waals surface area (Å²) in [6, 6.07) is 4.08. The molecule has 0 aliphatic carbocycles. The number of rotatable bonds is 6. The van der Waals surface area contributed by atoms with Crippen molar-refractivity contribution in [2.24, 2.45) is 7.05 Å². The second kappa shape index (κ2) is 9.27. The van der Waals surface area contributed by atoms with Crippen LogP contribution in [-0.2, 0) is 11.8 Å². The first-order valence-electron chi connectivity index (χ1n) is 10.0. The van der Waals surface area contributed by atoms with Crippen LogP contribution in [0.4, 0.5) is 10.2 Å². The lowest BCUT2D eigenvalue weighted by molar-refractivity contribution is 0.256. The molecule has 0 unspecified atom stereocenters. The van der Waals surface area contributed by atoms with E-state index < -0.39 is 0 Å². The Labute approximate surface area is 172 Å². The third-order valence-electron chi connectivity index (χ3n) is 5.46. The molecule has 2 aromatic rings. The van der Waals surface area contributed by atoms with Crippen LogP contribution in [0.2, 0.25) is 0 Å². The summed E-state index contributed by atoms with van der Waals surface area (Å²) >= 11 is 0. The molecule has 0 atom stereocenters. The lowest BCUT2D eigenvalue weighted by Gasteiger charge is -2.28. The number of pyridine rings is 1. The minimum Gasteiger partial charge on any atom is -0.501 e. The molecule has 3 rings (SSSR count). The van der Waals surface area contributed by atoms with Crippen molar-refractivity contribution in [2.75, 3.05) is 32.6 Å². The Morgan fingerprint density at radius 2 is 1.93 bits per heavy atom. The highest BCUT2D eigenvalue weighted by atomic mass is 19.1. The van der Waals surface area contributed by atoms with Gasteiger partial charge in [0.25, 0.3) is 0 Å². The predicted octanol–water partition coefficient (Wildman–Crippen LogP) is 5.10. The maximum absolute atomic E-state index is 13.5. The number of likely N-dealkylation sites (tertiary alicyclic amines) is 1. The van der Waals surface area contributed by atoms with Crippen molar-refractivity contribution in [3.05, 3.63) is 59.4 Å². The molecule has 0 spiro atoms. The molecule has 1 aliphatic rings. The van der Waals surface area contributed by atoms with Gasteiger partial charge in [0, 0.05) is 24.3 Å². The molecule has 0 bridgehead atoms. The normalized spacial score (nSPS) is 17.8. The summed E-state index contributed by atoms with van der Waals surface area (Å²) in [6.45, 7) is 5.53. The number of allylic oxidation sites excluding steroid dienone is 5. The van der Waals surface area contributed by atoms with Crippen molar-refractivity contribution in [2.45, 2.75) is 32.6 Å². The Morgan fingerprint density at radius 1 is 1.21 bits per heavy atom. The average Bonchev–Trinajstić information content (AvgIpc) is 3.02. The van der Waals surface area contributed by atoms with Gasteiger partial charge in [-0.1, -0.05) is 0 Å². The van der Waals surface area contributed by atoms with Crippen LogP contribution < -0.4 is 5.32 Å². The van der Waals surface area contributed by atoms with Gasteiger partial charge in [0.2, 0.25) is 0 Å². The number of aromatic nitrogens is 2. The zero-order chi connectivity index (χ0) is 21.0. The van der Waals surface area contributed by atoms with Crippen LogP contribution >= 0.6 is 0 Å². The van der Waals surface area contributed by atoms with Gasteiger partial charge in [-0.3, -0.25) is 0 Å². The maximum atomic E-state index is 13.5. The summed E-state index contributed by atoms with van der Waals surface area (Å²) in [5, 5.41) is 4.42. The van der Waals surface area contributed by atoms with Crippen LogP contribution in [0.5, 0.6) is 0 Å². The van der Waals surface area contributed by atoms with Crippen molar-refractivity contribution in [1.29, 1.82) is 0 Å². The molecule has 0 amide bonds. The molecule has 3 heterocycles. The van der Waals surface area contributed by atoms with E-state index in [2.05, 4.69) is 34.1 Å². The first-order valence-corrected chi connectivity index (χ1v) is 10.0. The smallest absolute Gasteiger partial charge is 0.142 e. The first-order chi connectivity index (χ1) is 13.9. The number of aryl methyl sites for hydroxylation is 1. The van der Waals surface area contributed by atoms with Crippen molar-refractivity contribution < 1.29 is 9.13 Å². The molecule has 1 N–H and O–H groups in total. The van der Waals surface area contributed by atoms with Crippen molar-refractivity contribution in [3.8, 4) is 0 Å². The van der Waals surface area contributed by atoms with Crippen LogP contribution in [0, 0.1) is 0 Å². The van der Waals surface area contributed by atoms with Gasteiger partial charge in [-0.25, -0.2) is 9.37 Å². The van der Waals surface area contributed by atoms with Gasteiger partial charge in [-0.05, 0) is 88.7 Å². The van der Waals surface area contributed by atoms with Crippen LogP contribution in [-0.4, -0.2) is 41.7 Å². The highest BCUT2D eigenvalue weighted by Crippen LogP contribution is 2.34. The van der Waals surface area contributed by atoms with Crippen molar-refractivity contribution >= 4 is 16.9 Å². The van der Waals surface area contributed by atoms with E-state index >= 15 is 0 Å². The number of hydrogen-bond donors (Lipinski definition) is 1. The monoisotopic (exact) mass is 398 g/mol. The third-order valence-corrected chi connectivity index (χ3v) is 5.46. The van der Waals surface area contributed by atoms with E-state index in [1.54, 1.807) is 19.3 Å². The fraction of sp³-hybridized carbons (Fsp3) is 0.435. The number of ether oxygens (including phenoxy) is 1. The third kappa shape index (κ3) is 5.26. The number of nitrogens with zero attached hydrogens (tertiary/aromatic N) is 3. The molecule has 1 aliphatic heterocycles. The Bertz CT molecular complexity index is 945. The second-order valence-electron chi connectivity index (χ2n) is 7.80. The predicted molar refractivity (Wildman–Crippen MR) is 118 cm³/mol. The topological polar surface area (TPSA) is 42.3 Å². The van der Waals surface area contributed by atoms with Crippen LogP contribution in [0.1, 0.15) is 38.2 Å². The standard InChI is InChI=1S/C23H31FN4O/c1-16(24)14-19(7-6-17(2)29-5)25-22-9-8-20-21(15-28(4)23(20)26-22)18-10-12-27(3)13-11-18/h6-9,14-15,18H,10-13H2,1-5H3,(H,25,26)/b16-14+,17-6+,19-7+. The quantitative estimate of drug-likeness (QED) is 0.543. The van der Waals surface area contributed by atoms with E-state index in [1.165, 1.54) is 36.8 Å². The Hall–Kier alpha value is -2.60. The summed E-state index contributed by atoms with van der Waals surface area (Å²) in [5.74, 6) is 1.71. The van der Waals surface area contributed by atoms with Gasteiger partial charge >= 0.3 is 0 Å². The highest BCUT2D eigenvalue weighted by molar-refractivity contribution is 5.83. The molecule has 5 nitrogen and oxygen atoms in total. The SMILES string of the molecule is CO/C(C)=C/C=C(\C=C(/C)F)Nc1ccc2c(C3CCN(C)CC3)cn(C)c2n1. The number of fused-ring (bicyclic) bond motifs is 1. The van der Waals surface area contributed by atoms with Crippen molar-refractivity contribution in [3.63, 3.8) is 0 Å². The molecule has 1 saturated heterocycles. The van der Waals surface area contributed by atoms with E-state index in [9.17, 15) is 4.39 Å². The number of hydrogen-bond acceptors (Lipinski definition) is 4. The molecular formula is C23H31FN4O. The zero-order valence-electron chi connectivity index (χ0n) is 18.0. The lowest BCUT2D eigenvalue weighted by Crippen LogP contribution is -2.29. The zero-order valence-corrected chi connectivity index (χ0v) is 18.0. The van der Waals surface area contributed by atoms with Gasteiger partial charge in [-0.15, -0.1) is 0 Å². The van der Waals surface area contributed by atoms with Gasteiger partial charge < -0.3 is 19.5 Å². The summed E-state index contributed by atoms with van der Waals surface area (Å²) < 4.78 is 20.7. The van der Waals surface area contributed by atoms with Crippen LogP contribution in [0.25, 0.3) is 11.0 Å². The number of piperidine rings is 1. The summed E-state index contributed by atoms with van der Waals surface area (Å²) in [7, 11) is 5.82. The number of methoxy groups -OCH3 is 1. The van der Waals surface area contributed by atoms with Crippen LogP contribution in [0.3, 0.4) is 0 Å².